The van der Waals surface area contributed by atoms with Gasteiger partial charge in [0, 0.05) is 32.9 Å². The zero-order chi connectivity index (χ0) is 14.0. The van der Waals surface area contributed by atoms with Crippen LogP contribution in [0, 0.1) is 0 Å². The Kier molecular flexibility index (Phi) is 4.27. The number of halogens is 2. The van der Waals surface area contributed by atoms with Crippen molar-refractivity contribution in [2.75, 3.05) is 17.7 Å². The molecule has 0 atom stereocenters. The summed E-state index contributed by atoms with van der Waals surface area (Å²) in [4.78, 5) is 14.0. The Bertz CT molecular complexity index is 608. The highest BCUT2D eigenvalue weighted by Gasteiger charge is 2.14. The zero-order valence-electron chi connectivity index (χ0n) is 10.2. The van der Waals surface area contributed by atoms with Crippen molar-refractivity contribution in [3.05, 3.63) is 57.0 Å². The van der Waals surface area contributed by atoms with Crippen molar-refractivity contribution in [2.24, 2.45) is 0 Å². The summed E-state index contributed by atoms with van der Waals surface area (Å²) in [6.45, 7) is 0. The highest BCUT2D eigenvalue weighted by atomic mass is 79.9. The molecule has 2 aromatic rings. The normalized spacial score (nSPS) is 10.3. The molecular weight excluding hydrogens is 372 g/mol. The monoisotopic (exact) mass is 382 g/mol. The van der Waals surface area contributed by atoms with Gasteiger partial charge in [-0.2, -0.15) is 0 Å². The SMILES string of the molecule is CN(C(=O)c1cc(Br)cc(Br)c1)c1cccc(N)c1. The summed E-state index contributed by atoms with van der Waals surface area (Å²) in [5.74, 6) is -0.0902. The number of carbonyl (C=O) groups excluding carboxylic acids is 1. The largest absolute Gasteiger partial charge is 0.399 e. The van der Waals surface area contributed by atoms with E-state index in [1.165, 1.54) is 0 Å². The molecular formula is C14H12Br2N2O. The summed E-state index contributed by atoms with van der Waals surface area (Å²) in [6.07, 6.45) is 0. The second kappa shape index (κ2) is 5.75. The number of benzene rings is 2. The van der Waals surface area contributed by atoms with Crippen LogP contribution in [-0.4, -0.2) is 13.0 Å². The molecule has 0 aliphatic heterocycles. The third-order valence-electron chi connectivity index (χ3n) is 2.67. The molecule has 1 amide bonds. The maximum atomic E-state index is 12.4. The van der Waals surface area contributed by atoms with Gasteiger partial charge in [0.15, 0.2) is 0 Å². The lowest BCUT2D eigenvalue weighted by Gasteiger charge is -2.18. The first-order valence-corrected chi connectivity index (χ1v) is 7.15. The van der Waals surface area contributed by atoms with Crippen molar-refractivity contribution in [1.82, 2.24) is 0 Å². The molecule has 19 heavy (non-hydrogen) atoms. The van der Waals surface area contributed by atoms with Crippen LogP contribution in [0.4, 0.5) is 11.4 Å². The van der Waals surface area contributed by atoms with Crippen LogP contribution in [0.3, 0.4) is 0 Å². The summed E-state index contributed by atoms with van der Waals surface area (Å²) in [7, 11) is 1.73. The van der Waals surface area contributed by atoms with E-state index in [1.807, 2.05) is 18.2 Å². The third kappa shape index (κ3) is 3.36. The van der Waals surface area contributed by atoms with Crippen LogP contribution < -0.4 is 10.6 Å². The Balaban J connectivity index is 2.33. The summed E-state index contributed by atoms with van der Waals surface area (Å²) >= 11 is 6.76. The molecule has 2 N–H and O–H groups in total. The van der Waals surface area contributed by atoms with Gasteiger partial charge < -0.3 is 10.6 Å². The predicted octanol–water partition coefficient (Wildman–Crippen LogP) is 4.07. The number of nitrogens with two attached hydrogens (primary N) is 1. The van der Waals surface area contributed by atoms with E-state index in [0.717, 1.165) is 14.6 Å². The van der Waals surface area contributed by atoms with Crippen LogP contribution in [0.1, 0.15) is 10.4 Å². The molecule has 0 heterocycles. The second-order valence-electron chi connectivity index (χ2n) is 4.12. The lowest BCUT2D eigenvalue weighted by molar-refractivity contribution is 0.0993. The number of rotatable bonds is 2. The molecule has 0 bridgehead atoms. The molecule has 5 heteroatoms. The van der Waals surface area contributed by atoms with E-state index in [-0.39, 0.29) is 5.91 Å². The molecule has 0 saturated heterocycles. The maximum Gasteiger partial charge on any atom is 0.258 e. The molecule has 0 spiro atoms. The number of nitrogen functional groups attached to an aromatic ring is 1. The van der Waals surface area contributed by atoms with Gasteiger partial charge >= 0.3 is 0 Å². The summed E-state index contributed by atoms with van der Waals surface area (Å²) < 4.78 is 1.71. The van der Waals surface area contributed by atoms with E-state index in [4.69, 9.17) is 5.73 Å². The van der Waals surface area contributed by atoms with Gasteiger partial charge in [-0.1, -0.05) is 37.9 Å². The molecule has 3 nitrogen and oxygen atoms in total. The Morgan fingerprint density at radius 2 is 1.74 bits per heavy atom. The lowest BCUT2D eigenvalue weighted by Crippen LogP contribution is -2.26. The number of hydrogen-bond donors (Lipinski definition) is 1. The Morgan fingerprint density at radius 1 is 1.11 bits per heavy atom. The molecule has 2 aromatic carbocycles. The van der Waals surface area contributed by atoms with E-state index in [0.29, 0.717) is 11.3 Å². The molecule has 0 unspecified atom stereocenters. The Hall–Kier alpha value is -1.33. The molecule has 0 saturated carbocycles. The van der Waals surface area contributed by atoms with Crippen LogP contribution in [0.15, 0.2) is 51.4 Å². The van der Waals surface area contributed by atoms with Crippen LogP contribution >= 0.6 is 31.9 Å². The van der Waals surface area contributed by atoms with E-state index in [1.54, 1.807) is 36.2 Å². The average molecular weight is 384 g/mol. The Morgan fingerprint density at radius 3 is 2.32 bits per heavy atom. The third-order valence-corrected chi connectivity index (χ3v) is 3.59. The fraction of sp³-hybridized carbons (Fsp3) is 0.0714. The fourth-order valence-corrected chi connectivity index (χ4v) is 3.02. The quantitative estimate of drug-likeness (QED) is 0.794. The minimum atomic E-state index is -0.0902. The maximum absolute atomic E-state index is 12.4. The topological polar surface area (TPSA) is 46.3 Å². The minimum absolute atomic E-state index is 0.0902. The van der Waals surface area contributed by atoms with Gasteiger partial charge in [0.25, 0.3) is 5.91 Å². The van der Waals surface area contributed by atoms with Gasteiger partial charge in [-0.3, -0.25) is 4.79 Å². The molecule has 0 aliphatic carbocycles. The number of hydrogen-bond acceptors (Lipinski definition) is 2. The molecule has 0 aromatic heterocycles. The van der Waals surface area contributed by atoms with E-state index in [9.17, 15) is 4.79 Å². The standard InChI is InChI=1S/C14H12Br2N2O/c1-18(13-4-2-3-12(17)8-13)14(19)9-5-10(15)7-11(16)6-9/h2-8H,17H2,1H3. The molecule has 2 rings (SSSR count). The predicted molar refractivity (Wildman–Crippen MR) is 85.4 cm³/mol. The van der Waals surface area contributed by atoms with Crippen molar-refractivity contribution in [1.29, 1.82) is 0 Å². The van der Waals surface area contributed by atoms with Gasteiger partial charge in [-0.25, -0.2) is 0 Å². The number of nitrogens with zero attached hydrogens (tertiary/aromatic N) is 1. The molecule has 98 valence electrons. The van der Waals surface area contributed by atoms with Crippen LogP contribution in [-0.2, 0) is 0 Å². The van der Waals surface area contributed by atoms with Crippen LogP contribution in [0.2, 0.25) is 0 Å². The fourth-order valence-electron chi connectivity index (χ4n) is 1.72. The first kappa shape index (κ1) is 14.1. The van der Waals surface area contributed by atoms with Crippen LogP contribution in [0.5, 0.6) is 0 Å². The first-order valence-electron chi connectivity index (χ1n) is 5.57. The smallest absolute Gasteiger partial charge is 0.258 e. The van der Waals surface area contributed by atoms with Gasteiger partial charge in [0.2, 0.25) is 0 Å². The van der Waals surface area contributed by atoms with Gasteiger partial charge in [0.05, 0.1) is 0 Å². The van der Waals surface area contributed by atoms with E-state index in [2.05, 4.69) is 31.9 Å². The number of anilines is 2. The molecule has 0 radical (unpaired) electrons. The number of amides is 1. The first-order chi connectivity index (χ1) is 8.97. The van der Waals surface area contributed by atoms with E-state index >= 15 is 0 Å². The van der Waals surface area contributed by atoms with Gasteiger partial charge in [-0.05, 0) is 36.4 Å². The summed E-state index contributed by atoms with van der Waals surface area (Å²) in [6, 6.07) is 12.7. The van der Waals surface area contributed by atoms with Crippen molar-refractivity contribution < 1.29 is 4.79 Å². The summed E-state index contributed by atoms with van der Waals surface area (Å²) in [5, 5.41) is 0. The van der Waals surface area contributed by atoms with Crippen molar-refractivity contribution >= 4 is 49.1 Å². The average Bonchev–Trinajstić information content (AvgIpc) is 2.36. The molecule has 0 aliphatic rings. The van der Waals surface area contributed by atoms with Gasteiger partial charge in [-0.15, -0.1) is 0 Å². The zero-order valence-corrected chi connectivity index (χ0v) is 13.4. The van der Waals surface area contributed by atoms with Crippen molar-refractivity contribution in [2.45, 2.75) is 0 Å². The van der Waals surface area contributed by atoms with Crippen LogP contribution in [0.25, 0.3) is 0 Å². The highest BCUT2D eigenvalue weighted by Crippen LogP contribution is 2.23. The molecule has 0 fully saturated rings. The summed E-state index contributed by atoms with van der Waals surface area (Å²) in [5.41, 5.74) is 7.73. The van der Waals surface area contributed by atoms with Crippen molar-refractivity contribution in [3.63, 3.8) is 0 Å². The Labute approximate surface area is 128 Å². The minimum Gasteiger partial charge on any atom is -0.399 e. The second-order valence-corrected chi connectivity index (χ2v) is 5.95. The van der Waals surface area contributed by atoms with E-state index < -0.39 is 0 Å². The van der Waals surface area contributed by atoms with Crippen molar-refractivity contribution in [3.8, 4) is 0 Å². The van der Waals surface area contributed by atoms with Gasteiger partial charge in [0.1, 0.15) is 0 Å². The highest BCUT2D eigenvalue weighted by molar-refractivity contribution is 9.11. The lowest BCUT2D eigenvalue weighted by atomic mass is 10.2. The number of carbonyl (C=O) groups is 1.